The fourth-order valence-corrected chi connectivity index (χ4v) is 7.87. The van der Waals surface area contributed by atoms with Crippen LogP contribution < -0.4 is 4.72 Å². The molecule has 2 aromatic rings. The van der Waals surface area contributed by atoms with E-state index < -0.39 is 16.0 Å². The van der Waals surface area contributed by atoms with Gasteiger partial charge in [-0.15, -0.1) is 11.3 Å². The van der Waals surface area contributed by atoms with Crippen molar-refractivity contribution < 1.29 is 22.7 Å². The molecule has 9 heteroatoms. The van der Waals surface area contributed by atoms with Crippen LogP contribution in [-0.4, -0.2) is 44.9 Å². The number of nitrogens with zero attached hydrogens (tertiary/aromatic N) is 1. The van der Waals surface area contributed by atoms with Crippen LogP contribution in [0, 0.1) is 0 Å². The molecule has 0 bridgehead atoms. The van der Waals surface area contributed by atoms with Crippen LogP contribution in [0.2, 0.25) is 0 Å². The second-order valence-corrected chi connectivity index (χ2v) is 11.7. The number of esters is 1. The Kier molecular flexibility index (Phi) is 7.51. The first-order valence-corrected chi connectivity index (χ1v) is 13.8. The molecule has 4 rings (SSSR count). The number of sulfonamides is 1. The fourth-order valence-electron chi connectivity index (χ4n) is 4.65. The van der Waals surface area contributed by atoms with Gasteiger partial charge in [0.15, 0.2) is 0 Å². The number of rotatable bonds is 8. The highest BCUT2D eigenvalue weighted by molar-refractivity contribution is 7.91. The number of thiophene rings is 1. The lowest BCUT2D eigenvalue weighted by molar-refractivity contribution is -0.132. The Morgan fingerprint density at radius 1 is 1.18 bits per heavy atom. The van der Waals surface area contributed by atoms with Gasteiger partial charge in [-0.1, -0.05) is 43.2 Å². The third-order valence-corrected chi connectivity index (χ3v) is 9.64. The molecule has 0 saturated heterocycles. The SMILES string of the molecule is COC(=O)c1c(S(=O)(=O)NC2CCCC2)sc2c1CCN(C(=O)CCCc1ccccc1)C2. The van der Waals surface area contributed by atoms with Gasteiger partial charge in [0.1, 0.15) is 4.21 Å². The maximum Gasteiger partial charge on any atom is 0.340 e. The Balaban J connectivity index is 1.48. The van der Waals surface area contributed by atoms with E-state index in [1.165, 1.54) is 12.7 Å². The number of hydrogen-bond donors (Lipinski definition) is 1. The lowest BCUT2D eigenvalue weighted by Gasteiger charge is -2.27. The fraction of sp³-hybridized carbons (Fsp3) is 0.500. The minimum atomic E-state index is -3.84. The van der Waals surface area contributed by atoms with Gasteiger partial charge in [-0.05, 0) is 43.2 Å². The van der Waals surface area contributed by atoms with Gasteiger partial charge >= 0.3 is 5.97 Å². The summed E-state index contributed by atoms with van der Waals surface area (Å²) in [7, 11) is -2.58. The molecule has 1 aromatic carbocycles. The zero-order chi connectivity index (χ0) is 23.4. The van der Waals surface area contributed by atoms with Crippen molar-refractivity contribution in [3.63, 3.8) is 0 Å². The molecule has 0 unspecified atom stereocenters. The predicted octanol–water partition coefficient (Wildman–Crippen LogP) is 3.66. The molecule has 2 heterocycles. The zero-order valence-electron chi connectivity index (χ0n) is 18.8. The van der Waals surface area contributed by atoms with Crippen LogP contribution in [0.15, 0.2) is 34.5 Å². The summed E-state index contributed by atoms with van der Waals surface area (Å²) in [6.07, 6.45) is 6.10. The second-order valence-electron chi connectivity index (χ2n) is 8.66. The van der Waals surface area contributed by atoms with Crippen LogP contribution >= 0.6 is 11.3 Å². The third-order valence-electron chi connectivity index (χ3n) is 6.39. The van der Waals surface area contributed by atoms with Crippen molar-refractivity contribution in [2.45, 2.75) is 68.2 Å². The van der Waals surface area contributed by atoms with Gasteiger partial charge in [0.05, 0.1) is 19.2 Å². The first-order valence-electron chi connectivity index (χ1n) is 11.5. The molecule has 2 aliphatic rings. The average molecular weight is 491 g/mol. The molecular weight excluding hydrogens is 460 g/mol. The minimum absolute atomic E-state index is 0.0182. The lowest BCUT2D eigenvalue weighted by atomic mass is 10.0. The standard InChI is InChI=1S/C24H30N2O5S2/c1-31-23(28)22-19-14-15-26(21(27)13-7-10-17-8-3-2-4-9-17)16-20(19)32-24(22)33(29,30)25-18-11-5-6-12-18/h2-4,8-9,18,25H,5-7,10-16H2,1H3. The highest BCUT2D eigenvalue weighted by atomic mass is 32.2. The topological polar surface area (TPSA) is 92.8 Å². The van der Waals surface area contributed by atoms with Crippen LogP contribution in [0.5, 0.6) is 0 Å². The average Bonchev–Trinajstić information content (AvgIpc) is 3.46. The van der Waals surface area contributed by atoms with Gasteiger partial charge in [-0.25, -0.2) is 17.9 Å². The molecule has 0 spiro atoms. The van der Waals surface area contributed by atoms with Crippen LogP contribution in [0.1, 0.15) is 64.9 Å². The van der Waals surface area contributed by atoms with E-state index in [-0.39, 0.29) is 21.7 Å². The molecule has 1 aliphatic carbocycles. The third kappa shape index (κ3) is 5.47. The summed E-state index contributed by atoms with van der Waals surface area (Å²) >= 11 is 1.09. The number of benzene rings is 1. The van der Waals surface area contributed by atoms with Crippen LogP contribution in [-0.2, 0) is 38.9 Å². The van der Waals surface area contributed by atoms with Crippen molar-refractivity contribution in [3.05, 3.63) is 51.9 Å². The summed E-state index contributed by atoms with van der Waals surface area (Å²) in [5.74, 6) is -0.583. The molecule has 1 N–H and O–H groups in total. The summed E-state index contributed by atoms with van der Waals surface area (Å²) in [5.41, 5.74) is 2.04. The Morgan fingerprint density at radius 3 is 2.61 bits per heavy atom. The number of ether oxygens (including phenoxy) is 1. The molecule has 33 heavy (non-hydrogen) atoms. The van der Waals surface area contributed by atoms with Gasteiger partial charge in [0.25, 0.3) is 10.0 Å². The van der Waals surface area contributed by atoms with E-state index in [9.17, 15) is 18.0 Å². The molecule has 0 atom stereocenters. The molecular formula is C24H30N2O5S2. The van der Waals surface area contributed by atoms with Crippen molar-refractivity contribution in [2.24, 2.45) is 0 Å². The van der Waals surface area contributed by atoms with Gasteiger partial charge in [-0.3, -0.25) is 4.79 Å². The molecule has 1 fully saturated rings. The van der Waals surface area contributed by atoms with Gasteiger partial charge in [0, 0.05) is 23.9 Å². The van der Waals surface area contributed by atoms with Crippen molar-refractivity contribution in [1.82, 2.24) is 9.62 Å². The van der Waals surface area contributed by atoms with Crippen molar-refractivity contribution in [2.75, 3.05) is 13.7 Å². The summed E-state index contributed by atoms with van der Waals surface area (Å²) in [4.78, 5) is 27.9. The number of hydrogen-bond acceptors (Lipinski definition) is 6. The molecule has 0 radical (unpaired) electrons. The predicted molar refractivity (Wildman–Crippen MR) is 127 cm³/mol. The summed E-state index contributed by atoms with van der Waals surface area (Å²) in [6.45, 7) is 0.792. The van der Waals surface area contributed by atoms with Gasteiger partial charge in [-0.2, -0.15) is 0 Å². The minimum Gasteiger partial charge on any atom is -0.465 e. The largest absolute Gasteiger partial charge is 0.465 e. The number of nitrogens with one attached hydrogen (secondary N) is 1. The van der Waals surface area contributed by atoms with E-state index in [0.717, 1.165) is 54.7 Å². The van der Waals surface area contributed by atoms with Crippen molar-refractivity contribution >= 4 is 33.2 Å². The quantitative estimate of drug-likeness (QED) is 0.570. The van der Waals surface area contributed by atoms with E-state index in [0.29, 0.717) is 31.5 Å². The van der Waals surface area contributed by atoms with Crippen LogP contribution in [0.25, 0.3) is 0 Å². The molecule has 1 aliphatic heterocycles. The number of amides is 1. The smallest absolute Gasteiger partial charge is 0.340 e. The van der Waals surface area contributed by atoms with Crippen molar-refractivity contribution in [3.8, 4) is 0 Å². The molecule has 178 valence electrons. The maximum atomic E-state index is 13.1. The second kappa shape index (κ2) is 10.4. The number of fused-ring (bicyclic) bond motifs is 1. The zero-order valence-corrected chi connectivity index (χ0v) is 20.5. The van der Waals surface area contributed by atoms with E-state index in [4.69, 9.17) is 4.74 Å². The van der Waals surface area contributed by atoms with Crippen molar-refractivity contribution in [1.29, 1.82) is 0 Å². The van der Waals surface area contributed by atoms with Crippen LogP contribution in [0.4, 0.5) is 0 Å². The number of carbonyl (C=O) groups excluding carboxylic acids is 2. The highest BCUT2D eigenvalue weighted by Crippen LogP contribution is 2.37. The Labute approximate surface area is 199 Å². The van der Waals surface area contributed by atoms with Gasteiger partial charge in [0.2, 0.25) is 5.91 Å². The number of carbonyl (C=O) groups is 2. The number of methoxy groups -OCH3 is 1. The first-order chi connectivity index (χ1) is 15.9. The normalized spacial score (nSPS) is 16.6. The molecule has 1 amide bonds. The molecule has 1 aromatic heterocycles. The van der Waals surface area contributed by atoms with E-state index in [1.807, 2.05) is 18.2 Å². The Bertz CT molecular complexity index is 1110. The summed E-state index contributed by atoms with van der Waals surface area (Å²) in [6, 6.07) is 9.97. The van der Waals surface area contributed by atoms with E-state index >= 15 is 0 Å². The van der Waals surface area contributed by atoms with E-state index in [2.05, 4.69) is 16.9 Å². The Morgan fingerprint density at radius 2 is 1.91 bits per heavy atom. The Hall–Kier alpha value is -2.23. The van der Waals surface area contributed by atoms with E-state index in [1.54, 1.807) is 4.90 Å². The highest BCUT2D eigenvalue weighted by Gasteiger charge is 2.36. The molecule has 1 saturated carbocycles. The van der Waals surface area contributed by atoms with Crippen LogP contribution in [0.3, 0.4) is 0 Å². The summed E-state index contributed by atoms with van der Waals surface area (Å²) < 4.78 is 34.0. The monoisotopic (exact) mass is 490 g/mol. The lowest BCUT2D eigenvalue weighted by Crippen LogP contribution is -2.35. The summed E-state index contributed by atoms with van der Waals surface area (Å²) in [5, 5.41) is 0. The maximum absolute atomic E-state index is 13.1. The first kappa shape index (κ1) is 23.9. The van der Waals surface area contributed by atoms with Gasteiger partial charge < -0.3 is 9.64 Å². The molecule has 7 nitrogen and oxygen atoms in total. The number of aryl methyl sites for hydroxylation is 1.